The van der Waals surface area contributed by atoms with Crippen LogP contribution in [0.3, 0.4) is 0 Å². The maximum absolute atomic E-state index is 11.0. The highest BCUT2D eigenvalue weighted by atomic mass is 35.5. The Morgan fingerprint density at radius 3 is 2.71 bits per heavy atom. The molecule has 0 aliphatic carbocycles. The van der Waals surface area contributed by atoms with Crippen LogP contribution in [0, 0.1) is 10.1 Å². The van der Waals surface area contributed by atoms with Crippen molar-refractivity contribution in [3.05, 3.63) is 45.6 Å². The van der Waals surface area contributed by atoms with Crippen LogP contribution in [0.25, 0.3) is 0 Å². The van der Waals surface area contributed by atoms with Gasteiger partial charge in [0.05, 0.1) is 4.92 Å². The van der Waals surface area contributed by atoms with E-state index in [0.29, 0.717) is 17.3 Å². The molecular formula is C13H13ClN4O3. The number of ether oxygens (including phenoxy) is 1. The van der Waals surface area contributed by atoms with E-state index in [1.165, 1.54) is 0 Å². The van der Waals surface area contributed by atoms with Gasteiger partial charge < -0.3 is 10.1 Å². The molecule has 2 rings (SSSR count). The topological polar surface area (TPSA) is 90.2 Å². The molecule has 0 saturated heterocycles. The first kappa shape index (κ1) is 15.0. The van der Waals surface area contributed by atoms with Crippen LogP contribution < -0.4 is 10.1 Å². The Labute approximate surface area is 126 Å². The highest BCUT2D eigenvalue weighted by Crippen LogP contribution is 2.29. The average Bonchev–Trinajstić information content (AvgIpc) is 2.47. The molecule has 0 saturated carbocycles. The van der Waals surface area contributed by atoms with Gasteiger partial charge >= 0.3 is 11.6 Å². The summed E-state index contributed by atoms with van der Waals surface area (Å²) in [7, 11) is 0. The number of benzene rings is 1. The lowest BCUT2D eigenvalue weighted by Gasteiger charge is -2.07. The zero-order valence-corrected chi connectivity index (χ0v) is 12.0. The van der Waals surface area contributed by atoms with E-state index >= 15 is 0 Å². The van der Waals surface area contributed by atoms with Gasteiger partial charge in [-0.25, -0.2) is 4.98 Å². The molecule has 0 amide bonds. The monoisotopic (exact) mass is 308 g/mol. The van der Waals surface area contributed by atoms with Crippen molar-refractivity contribution in [2.24, 2.45) is 0 Å². The van der Waals surface area contributed by atoms with Crippen molar-refractivity contribution in [2.75, 3.05) is 11.9 Å². The Morgan fingerprint density at radius 2 is 2.10 bits per heavy atom. The van der Waals surface area contributed by atoms with E-state index in [2.05, 4.69) is 15.3 Å². The number of halogens is 1. The van der Waals surface area contributed by atoms with Gasteiger partial charge in [-0.05, 0) is 30.7 Å². The van der Waals surface area contributed by atoms with Gasteiger partial charge in [0.2, 0.25) is 5.95 Å². The van der Waals surface area contributed by atoms with Crippen LogP contribution in [-0.4, -0.2) is 21.4 Å². The molecule has 0 radical (unpaired) electrons. The van der Waals surface area contributed by atoms with Crippen LogP contribution in [-0.2, 0) is 0 Å². The molecule has 0 aliphatic heterocycles. The number of anilines is 1. The predicted octanol–water partition coefficient (Wildman–Crippen LogP) is 3.65. The van der Waals surface area contributed by atoms with Crippen molar-refractivity contribution in [2.45, 2.75) is 13.3 Å². The van der Waals surface area contributed by atoms with Crippen LogP contribution in [0.5, 0.6) is 11.6 Å². The van der Waals surface area contributed by atoms with E-state index in [1.54, 1.807) is 24.3 Å². The van der Waals surface area contributed by atoms with E-state index in [9.17, 15) is 10.1 Å². The summed E-state index contributed by atoms with van der Waals surface area (Å²) in [6.45, 7) is 2.65. The van der Waals surface area contributed by atoms with Gasteiger partial charge in [0.15, 0.2) is 0 Å². The van der Waals surface area contributed by atoms with Gasteiger partial charge in [-0.2, -0.15) is 4.98 Å². The van der Waals surface area contributed by atoms with E-state index in [1.807, 2.05) is 6.92 Å². The molecule has 1 aromatic heterocycles. The largest absolute Gasteiger partial charge is 0.434 e. The summed E-state index contributed by atoms with van der Waals surface area (Å²) in [5.74, 6) is 0.574. The normalized spacial score (nSPS) is 10.2. The van der Waals surface area contributed by atoms with Gasteiger partial charge in [0.25, 0.3) is 0 Å². The number of nitrogens with one attached hydrogen (secondary N) is 1. The zero-order chi connectivity index (χ0) is 15.2. The van der Waals surface area contributed by atoms with Crippen molar-refractivity contribution < 1.29 is 9.66 Å². The fourth-order valence-corrected chi connectivity index (χ4v) is 1.62. The summed E-state index contributed by atoms with van der Waals surface area (Å²) < 4.78 is 5.46. The molecule has 21 heavy (non-hydrogen) atoms. The third-order valence-electron chi connectivity index (χ3n) is 2.49. The van der Waals surface area contributed by atoms with Gasteiger partial charge in [0, 0.05) is 11.6 Å². The Bertz CT molecular complexity index is 634. The van der Waals surface area contributed by atoms with Crippen molar-refractivity contribution in [1.29, 1.82) is 0 Å². The minimum absolute atomic E-state index is 0.115. The second-order valence-corrected chi connectivity index (χ2v) is 4.56. The SMILES string of the molecule is CCCNc1ncc([N+](=O)[O-])c(Oc2ccc(Cl)cc2)n1. The number of hydrogen-bond donors (Lipinski definition) is 1. The maximum Gasteiger partial charge on any atom is 0.349 e. The average molecular weight is 309 g/mol. The van der Waals surface area contributed by atoms with Crippen molar-refractivity contribution in [3.8, 4) is 11.6 Å². The summed E-state index contributed by atoms with van der Waals surface area (Å²) in [6.07, 6.45) is 2.00. The fourth-order valence-electron chi connectivity index (χ4n) is 1.50. The van der Waals surface area contributed by atoms with Gasteiger partial charge in [-0.1, -0.05) is 18.5 Å². The van der Waals surface area contributed by atoms with Gasteiger partial charge in [-0.15, -0.1) is 0 Å². The molecule has 0 unspecified atom stereocenters. The molecule has 1 aromatic carbocycles. The molecule has 0 fully saturated rings. The minimum atomic E-state index is -0.588. The molecule has 1 N–H and O–H groups in total. The molecule has 0 spiro atoms. The minimum Gasteiger partial charge on any atom is -0.434 e. The lowest BCUT2D eigenvalue weighted by molar-refractivity contribution is -0.386. The van der Waals surface area contributed by atoms with Crippen molar-refractivity contribution in [1.82, 2.24) is 9.97 Å². The number of rotatable bonds is 6. The molecule has 0 bridgehead atoms. The Kier molecular flexibility index (Phi) is 4.89. The molecule has 1 heterocycles. The molecule has 110 valence electrons. The Morgan fingerprint density at radius 1 is 1.38 bits per heavy atom. The lowest BCUT2D eigenvalue weighted by Crippen LogP contribution is -2.06. The molecule has 0 atom stereocenters. The quantitative estimate of drug-likeness (QED) is 0.647. The molecule has 2 aromatic rings. The van der Waals surface area contributed by atoms with Crippen molar-refractivity contribution in [3.63, 3.8) is 0 Å². The molecule has 8 heteroatoms. The summed E-state index contributed by atoms with van der Waals surface area (Å²) in [4.78, 5) is 18.3. The second-order valence-electron chi connectivity index (χ2n) is 4.12. The Hall–Kier alpha value is -2.41. The van der Waals surface area contributed by atoms with Gasteiger partial charge in [0.1, 0.15) is 11.9 Å². The number of nitro groups is 1. The second kappa shape index (κ2) is 6.85. The van der Waals surface area contributed by atoms with Crippen LogP contribution in [0.15, 0.2) is 30.5 Å². The Balaban J connectivity index is 2.29. The number of nitrogens with zero attached hydrogens (tertiary/aromatic N) is 3. The summed E-state index contributed by atoms with van der Waals surface area (Å²) >= 11 is 5.78. The molecule has 7 nitrogen and oxygen atoms in total. The summed E-state index contributed by atoms with van der Waals surface area (Å²) in [6, 6.07) is 6.46. The fraction of sp³-hybridized carbons (Fsp3) is 0.231. The lowest BCUT2D eigenvalue weighted by atomic mass is 10.3. The number of hydrogen-bond acceptors (Lipinski definition) is 6. The van der Waals surface area contributed by atoms with E-state index in [4.69, 9.17) is 16.3 Å². The van der Waals surface area contributed by atoms with E-state index in [-0.39, 0.29) is 17.5 Å². The number of aromatic nitrogens is 2. The third kappa shape index (κ3) is 4.03. The molecule has 0 aliphatic rings. The summed E-state index contributed by atoms with van der Waals surface area (Å²) in [5.41, 5.74) is -0.299. The van der Waals surface area contributed by atoms with Crippen LogP contribution in [0.2, 0.25) is 5.02 Å². The smallest absolute Gasteiger partial charge is 0.349 e. The standard InChI is InChI=1S/C13H13ClN4O3/c1-2-7-15-13-16-8-11(18(19)20)12(17-13)21-10-5-3-9(14)4-6-10/h3-6,8H,2,7H2,1H3,(H,15,16,17). The first-order valence-corrected chi connectivity index (χ1v) is 6.66. The highest BCUT2D eigenvalue weighted by Gasteiger charge is 2.19. The third-order valence-corrected chi connectivity index (χ3v) is 2.75. The van der Waals surface area contributed by atoms with Gasteiger partial charge in [-0.3, -0.25) is 10.1 Å². The van der Waals surface area contributed by atoms with Crippen LogP contribution >= 0.6 is 11.6 Å². The first-order valence-electron chi connectivity index (χ1n) is 6.29. The zero-order valence-electron chi connectivity index (χ0n) is 11.2. The van der Waals surface area contributed by atoms with Crippen LogP contribution in [0.1, 0.15) is 13.3 Å². The van der Waals surface area contributed by atoms with Crippen LogP contribution in [0.4, 0.5) is 11.6 Å². The predicted molar refractivity (Wildman–Crippen MR) is 79.0 cm³/mol. The maximum atomic E-state index is 11.0. The summed E-state index contributed by atoms with van der Waals surface area (Å²) in [5, 5.41) is 14.5. The van der Waals surface area contributed by atoms with Crippen molar-refractivity contribution >= 4 is 23.2 Å². The first-order chi connectivity index (χ1) is 10.1. The van der Waals surface area contributed by atoms with E-state index < -0.39 is 4.92 Å². The van der Waals surface area contributed by atoms with E-state index in [0.717, 1.165) is 12.6 Å². The molecular weight excluding hydrogens is 296 g/mol. The highest BCUT2D eigenvalue weighted by molar-refractivity contribution is 6.30.